The van der Waals surface area contributed by atoms with Crippen molar-refractivity contribution in [1.29, 1.82) is 5.26 Å². The topological polar surface area (TPSA) is 41.6 Å². The Morgan fingerprint density at radius 1 is 1.35 bits per heavy atom. The van der Waals surface area contributed by atoms with Crippen molar-refractivity contribution in [2.45, 2.75) is 13.3 Å². The molecule has 0 aliphatic carbocycles. The van der Waals surface area contributed by atoms with E-state index < -0.39 is 0 Å². The molecule has 3 nitrogen and oxygen atoms in total. The van der Waals surface area contributed by atoms with Crippen LogP contribution in [0, 0.1) is 11.3 Å². The van der Waals surface area contributed by atoms with Crippen LogP contribution >= 0.6 is 15.9 Å². The largest absolute Gasteiger partial charge is 0.265 e. The minimum Gasteiger partial charge on any atom is -0.265 e. The first-order valence-electron chi connectivity index (χ1n) is 5.39. The predicted molar refractivity (Wildman–Crippen MR) is 70.4 cm³/mol. The van der Waals surface area contributed by atoms with Gasteiger partial charge in [-0.1, -0.05) is 31.2 Å². The number of hydrogen-bond donors (Lipinski definition) is 0. The predicted octanol–water partition coefficient (Wildman–Crippen LogP) is 3.28. The van der Waals surface area contributed by atoms with Crippen molar-refractivity contribution in [3.05, 3.63) is 40.0 Å². The van der Waals surface area contributed by atoms with Crippen LogP contribution in [0.25, 0.3) is 11.3 Å². The average Bonchev–Trinajstić information content (AvgIpc) is 2.64. The summed E-state index contributed by atoms with van der Waals surface area (Å²) in [5, 5.41) is 13.1. The zero-order valence-electron chi connectivity index (χ0n) is 9.74. The van der Waals surface area contributed by atoms with Crippen molar-refractivity contribution >= 4 is 15.9 Å². The molecule has 0 amide bonds. The molecule has 0 spiro atoms. The van der Waals surface area contributed by atoms with Gasteiger partial charge in [-0.05, 0) is 27.9 Å². The lowest BCUT2D eigenvalue weighted by Crippen LogP contribution is -1.94. The van der Waals surface area contributed by atoms with Crippen molar-refractivity contribution in [2.75, 3.05) is 0 Å². The quantitative estimate of drug-likeness (QED) is 0.851. The molecule has 1 heterocycles. The van der Waals surface area contributed by atoms with E-state index >= 15 is 0 Å². The summed E-state index contributed by atoms with van der Waals surface area (Å²) in [6.07, 6.45) is 1.02. The molecule has 0 saturated heterocycles. The van der Waals surface area contributed by atoms with E-state index in [1.807, 2.05) is 7.05 Å². The maximum Gasteiger partial charge on any atom is 0.177 e. The highest BCUT2D eigenvalue weighted by Gasteiger charge is 2.14. The fourth-order valence-electron chi connectivity index (χ4n) is 1.78. The summed E-state index contributed by atoms with van der Waals surface area (Å²) >= 11 is 3.43. The number of benzene rings is 1. The highest BCUT2D eigenvalue weighted by Crippen LogP contribution is 2.30. The molecule has 86 valence electrons. The molecule has 17 heavy (non-hydrogen) atoms. The van der Waals surface area contributed by atoms with Gasteiger partial charge in [0.2, 0.25) is 0 Å². The number of aromatic nitrogens is 2. The molecular formula is C13H12BrN3. The highest BCUT2D eigenvalue weighted by atomic mass is 79.9. The van der Waals surface area contributed by atoms with Crippen LogP contribution in [0.15, 0.2) is 28.7 Å². The Morgan fingerprint density at radius 2 is 2.00 bits per heavy atom. The summed E-state index contributed by atoms with van der Waals surface area (Å²) in [6.45, 7) is 2.13. The molecular weight excluding hydrogens is 278 g/mol. The van der Waals surface area contributed by atoms with Gasteiger partial charge in [0.15, 0.2) is 5.69 Å². The summed E-state index contributed by atoms with van der Waals surface area (Å²) in [4.78, 5) is 0. The molecule has 0 aliphatic heterocycles. The fourth-order valence-corrected chi connectivity index (χ4v) is 2.43. The van der Waals surface area contributed by atoms with Crippen LogP contribution < -0.4 is 0 Å². The third-order valence-corrected chi connectivity index (χ3v) is 3.48. The molecule has 1 aromatic carbocycles. The van der Waals surface area contributed by atoms with Gasteiger partial charge < -0.3 is 0 Å². The Kier molecular flexibility index (Phi) is 3.30. The van der Waals surface area contributed by atoms with Crippen molar-refractivity contribution in [3.63, 3.8) is 0 Å². The number of nitriles is 1. The van der Waals surface area contributed by atoms with Crippen LogP contribution in [0.1, 0.15) is 18.2 Å². The summed E-state index contributed by atoms with van der Waals surface area (Å²) in [7, 11) is 1.84. The molecule has 0 saturated carbocycles. The van der Waals surface area contributed by atoms with Gasteiger partial charge in [-0.2, -0.15) is 10.4 Å². The second-order valence-electron chi connectivity index (χ2n) is 3.80. The minimum atomic E-state index is 0.419. The van der Waals surface area contributed by atoms with Crippen LogP contribution in [-0.2, 0) is 13.5 Å². The Hall–Kier alpha value is -1.60. The Bertz CT molecular complexity index is 576. The van der Waals surface area contributed by atoms with Crippen molar-refractivity contribution < 1.29 is 0 Å². The van der Waals surface area contributed by atoms with E-state index in [1.54, 1.807) is 4.68 Å². The summed E-state index contributed by atoms with van der Waals surface area (Å²) in [5.74, 6) is 0. The van der Waals surface area contributed by atoms with Gasteiger partial charge in [0.25, 0.3) is 0 Å². The van der Waals surface area contributed by atoms with E-state index in [9.17, 15) is 0 Å². The van der Waals surface area contributed by atoms with Gasteiger partial charge in [0.05, 0.1) is 10.2 Å². The van der Waals surface area contributed by atoms with Crippen LogP contribution in [0.5, 0.6) is 0 Å². The van der Waals surface area contributed by atoms with E-state index in [4.69, 9.17) is 5.26 Å². The molecule has 0 bridgehead atoms. The van der Waals surface area contributed by atoms with Gasteiger partial charge in [-0.3, -0.25) is 4.68 Å². The first kappa shape index (κ1) is 11.9. The zero-order valence-corrected chi connectivity index (χ0v) is 11.3. The SMILES string of the molecule is CCc1ccc(-c2c(Br)c(C#N)nn2C)cc1. The Labute approximate surface area is 109 Å². The molecule has 0 fully saturated rings. The van der Waals surface area contributed by atoms with Gasteiger partial charge in [0.1, 0.15) is 6.07 Å². The molecule has 4 heteroatoms. The summed E-state index contributed by atoms with van der Waals surface area (Å²) in [6, 6.07) is 10.4. The Morgan fingerprint density at radius 3 is 2.47 bits per heavy atom. The van der Waals surface area contributed by atoms with Crippen molar-refractivity contribution in [3.8, 4) is 17.3 Å². The first-order valence-corrected chi connectivity index (χ1v) is 6.18. The smallest absolute Gasteiger partial charge is 0.177 e. The van der Waals surface area contributed by atoms with E-state index in [1.165, 1.54) is 5.56 Å². The minimum absolute atomic E-state index is 0.419. The second kappa shape index (κ2) is 4.72. The van der Waals surface area contributed by atoms with Crippen LogP contribution in [-0.4, -0.2) is 9.78 Å². The second-order valence-corrected chi connectivity index (χ2v) is 4.59. The van der Waals surface area contributed by atoms with Crippen LogP contribution in [0.4, 0.5) is 0 Å². The maximum atomic E-state index is 8.93. The molecule has 2 rings (SSSR count). The number of aryl methyl sites for hydroxylation is 2. The maximum absolute atomic E-state index is 8.93. The third-order valence-electron chi connectivity index (χ3n) is 2.73. The summed E-state index contributed by atoms with van der Waals surface area (Å²) in [5.41, 5.74) is 3.71. The van der Waals surface area contributed by atoms with Crippen molar-refractivity contribution in [1.82, 2.24) is 9.78 Å². The van der Waals surface area contributed by atoms with E-state index in [0.29, 0.717) is 5.69 Å². The average molecular weight is 290 g/mol. The standard InChI is InChI=1S/C13H12BrN3/c1-3-9-4-6-10(7-5-9)13-12(14)11(8-15)16-17(13)2/h4-7H,3H2,1-2H3. The first-order chi connectivity index (χ1) is 8.17. The third kappa shape index (κ3) is 2.11. The van der Waals surface area contributed by atoms with Crippen molar-refractivity contribution in [2.24, 2.45) is 7.05 Å². The van der Waals surface area contributed by atoms with E-state index in [0.717, 1.165) is 22.2 Å². The van der Waals surface area contributed by atoms with Gasteiger partial charge in [-0.15, -0.1) is 0 Å². The number of halogens is 1. The van der Waals surface area contributed by atoms with E-state index in [-0.39, 0.29) is 0 Å². The fraction of sp³-hybridized carbons (Fsp3) is 0.231. The number of nitrogens with zero attached hydrogens (tertiary/aromatic N) is 3. The van der Waals surface area contributed by atoms with Gasteiger partial charge >= 0.3 is 0 Å². The molecule has 2 aromatic rings. The highest BCUT2D eigenvalue weighted by molar-refractivity contribution is 9.10. The zero-order chi connectivity index (χ0) is 12.4. The molecule has 1 aromatic heterocycles. The molecule has 0 atom stereocenters. The van der Waals surface area contributed by atoms with Crippen LogP contribution in [0.2, 0.25) is 0 Å². The molecule has 0 unspecified atom stereocenters. The summed E-state index contributed by atoms with van der Waals surface area (Å²) < 4.78 is 2.48. The van der Waals surface area contributed by atoms with Gasteiger partial charge in [0, 0.05) is 12.6 Å². The Balaban J connectivity index is 2.53. The molecule has 0 radical (unpaired) electrons. The number of hydrogen-bond acceptors (Lipinski definition) is 2. The lowest BCUT2D eigenvalue weighted by molar-refractivity contribution is 0.771. The molecule has 0 aliphatic rings. The van der Waals surface area contributed by atoms with Gasteiger partial charge in [-0.25, -0.2) is 0 Å². The normalized spacial score (nSPS) is 10.2. The number of rotatable bonds is 2. The monoisotopic (exact) mass is 289 g/mol. The molecule has 0 N–H and O–H groups in total. The van der Waals surface area contributed by atoms with Crippen LogP contribution in [0.3, 0.4) is 0 Å². The van der Waals surface area contributed by atoms with E-state index in [2.05, 4.69) is 58.3 Å². The lowest BCUT2D eigenvalue weighted by atomic mass is 10.1. The lowest BCUT2D eigenvalue weighted by Gasteiger charge is -2.04.